The standard InChI is InChI=1S/C19H30N2O4S/c1-17(2,3)24-15(22)20-13-11-21(16(23)25-18(4,5)6)19(7,8)14-12(13)9-10-26-14/h9-10,13H,11H2,1-8H3,(H,20,22). The summed E-state index contributed by atoms with van der Waals surface area (Å²) in [5.74, 6) is 0. The van der Waals surface area contributed by atoms with Crippen molar-refractivity contribution in [2.24, 2.45) is 0 Å². The second-order valence-corrected chi connectivity index (χ2v) is 9.97. The SMILES string of the molecule is CC(C)(C)OC(=O)NC1CN(C(=O)OC(C)(C)C)C(C)(C)c2sccc21. The molecule has 1 aliphatic heterocycles. The van der Waals surface area contributed by atoms with E-state index < -0.39 is 28.9 Å². The van der Waals surface area contributed by atoms with Crippen LogP contribution in [0.3, 0.4) is 0 Å². The Morgan fingerprint density at radius 2 is 1.73 bits per heavy atom. The van der Waals surface area contributed by atoms with Crippen LogP contribution in [0.4, 0.5) is 9.59 Å². The van der Waals surface area contributed by atoms with Gasteiger partial charge in [0.05, 0.1) is 11.6 Å². The number of ether oxygens (including phenoxy) is 2. The highest BCUT2D eigenvalue weighted by Crippen LogP contribution is 2.43. The van der Waals surface area contributed by atoms with Crippen LogP contribution < -0.4 is 5.32 Å². The molecule has 26 heavy (non-hydrogen) atoms. The maximum Gasteiger partial charge on any atom is 0.411 e. The number of nitrogens with one attached hydrogen (secondary N) is 1. The number of amides is 2. The van der Waals surface area contributed by atoms with E-state index in [2.05, 4.69) is 5.32 Å². The first-order valence-electron chi connectivity index (χ1n) is 8.79. The third-order valence-electron chi connectivity index (χ3n) is 3.97. The molecule has 1 atom stereocenters. The second-order valence-electron chi connectivity index (χ2n) is 9.05. The quantitative estimate of drug-likeness (QED) is 0.757. The Balaban J connectivity index is 2.28. The molecule has 0 saturated heterocycles. The van der Waals surface area contributed by atoms with Gasteiger partial charge >= 0.3 is 12.2 Å². The predicted octanol–water partition coefficient (Wildman–Crippen LogP) is 4.80. The smallest absolute Gasteiger partial charge is 0.411 e. The third-order valence-corrected chi connectivity index (χ3v) is 5.21. The van der Waals surface area contributed by atoms with Gasteiger partial charge in [0.2, 0.25) is 0 Å². The van der Waals surface area contributed by atoms with E-state index in [0.29, 0.717) is 6.54 Å². The van der Waals surface area contributed by atoms with E-state index in [0.717, 1.165) is 10.4 Å². The van der Waals surface area contributed by atoms with Gasteiger partial charge in [-0.3, -0.25) is 4.90 Å². The Morgan fingerprint density at radius 1 is 1.15 bits per heavy atom. The summed E-state index contributed by atoms with van der Waals surface area (Å²) in [4.78, 5) is 27.8. The molecule has 0 fully saturated rings. The summed E-state index contributed by atoms with van der Waals surface area (Å²) < 4.78 is 11.0. The highest BCUT2D eigenvalue weighted by atomic mass is 32.1. The minimum Gasteiger partial charge on any atom is -0.444 e. The van der Waals surface area contributed by atoms with E-state index in [1.54, 1.807) is 16.2 Å². The monoisotopic (exact) mass is 382 g/mol. The molecule has 0 bridgehead atoms. The number of alkyl carbamates (subject to hydrolysis) is 1. The molecule has 2 rings (SSSR count). The third kappa shape index (κ3) is 4.69. The summed E-state index contributed by atoms with van der Waals surface area (Å²) in [7, 11) is 0. The van der Waals surface area contributed by atoms with Crippen molar-refractivity contribution in [3.8, 4) is 0 Å². The van der Waals surface area contributed by atoms with Gasteiger partial charge in [-0.25, -0.2) is 9.59 Å². The lowest BCUT2D eigenvalue weighted by atomic mass is 9.88. The van der Waals surface area contributed by atoms with Crippen molar-refractivity contribution < 1.29 is 19.1 Å². The molecule has 0 aromatic carbocycles. The minimum atomic E-state index is -0.586. The molecule has 1 unspecified atom stereocenters. The zero-order valence-electron chi connectivity index (χ0n) is 16.9. The van der Waals surface area contributed by atoms with Crippen molar-refractivity contribution in [2.45, 2.75) is 78.2 Å². The minimum absolute atomic E-state index is 0.324. The van der Waals surface area contributed by atoms with Gasteiger partial charge in [0.25, 0.3) is 0 Å². The fraction of sp³-hybridized carbons (Fsp3) is 0.684. The van der Waals surface area contributed by atoms with Crippen molar-refractivity contribution in [3.05, 3.63) is 21.9 Å². The maximum absolute atomic E-state index is 12.8. The Kier molecular flexibility index (Phi) is 5.34. The van der Waals surface area contributed by atoms with Crippen LogP contribution in [0.15, 0.2) is 11.4 Å². The van der Waals surface area contributed by atoms with Gasteiger partial charge in [-0.2, -0.15) is 0 Å². The number of hydrogen-bond donors (Lipinski definition) is 1. The molecule has 0 saturated carbocycles. The molecule has 1 aromatic heterocycles. The van der Waals surface area contributed by atoms with Gasteiger partial charge in [0, 0.05) is 11.4 Å². The summed E-state index contributed by atoms with van der Waals surface area (Å²) in [6, 6.07) is 1.66. The zero-order valence-corrected chi connectivity index (χ0v) is 17.7. The van der Waals surface area contributed by atoms with Crippen molar-refractivity contribution in [3.63, 3.8) is 0 Å². The fourth-order valence-corrected chi connectivity index (χ4v) is 4.01. The first kappa shape index (κ1) is 20.6. The molecule has 1 aliphatic rings. The summed E-state index contributed by atoms with van der Waals surface area (Å²) in [5, 5.41) is 4.88. The molecule has 146 valence electrons. The summed E-state index contributed by atoms with van der Waals surface area (Å²) in [6.45, 7) is 15.3. The van der Waals surface area contributed by atoms with Gasteiger partial charge in [0.1, 0.15) is 11.2 Å². The van der Waals surface area contributed by atoms with Crippen LogP contribution in [0, 0.1) is 0 Å². The van der Waals surface area contributed by atoms with Crippen LogP contribution in [-0.4, -0.2) is 34.8 Å². The molecule has 1 aromatic rings. The predicted molar refractivity (Wildman–Crippen MR) is 102 cm³/mol. The average molecular weight is 383 g/mol. The van der Waals surface area contributed by atoms with Crippen LogP contribution in [0.25, 0.3) is 0 Å². The Labute approximate surface area is 159 Å². The second kappa shape index (κ2) is 6.76. The van der Waals surface area contributed by atoms with E-state index in [4.69, 9.17) is 9.47 Å². The highest BCUT2D eigenvalue weighted by Gasteiger charge is 2.44. The largest absolute Gasteiger partial charge is 0.444 e. The van der Waals surface area contributed by atoms with Crippen molar-refractivity contribution in [1.82, 2.24) is 10.2 Å². The van der Waals surface area contributed by atoms with Gasteiger partial charge in [-0.15, -0.1) is 11.3 Å². The normalized spacial score (nSPS) is 19.5. The van der Waals surface area contributed by atoms with Crippen LogP contribution in [-0.2, 0) is 15.0 Å². The average Bonchev–Trinajstić information content (AvgIpc) is 2.88. The van der Waals surface area contributed by atoms with Crippen LogP contribution in [0.2, 0.25) is 0 Å². The van der Waals surface area contributed by atoms with Crippen molar-refractivity contribution >= 4 is 23.5 Å². The summed E-state index contributed by atoms with van der Waals surface area (Å²) in [6.07, 6.45) is -0.888. The number of carbonyl (C=O) groups excluding carboxylic acids is 2. The molecule has 0 spiro atoms. The van der Waals surface area contributed by atoms with Crippen molar-refractivity contribution in [1.29, 1.82) is 0 Å². The molecule has 0 aliphatic carbocycles. The topological polar surface area (TPSA) is 67.9 Å². The Bertz CT molecular complexity index is 682. The van der Waals surface area contributed by atoms with Crippen LogP contribution >= 0.6 is 11.3 Å². The van der Waals surface area contributed by atoms with E-state index in [-0.39, 0.29) is 6.04 Å². The molecule has 1 N–H and O–H groups in total. The van der Waals surface area contributed by atoms with Gasteiger partial charge in [-0.1, -0.05) is 0 Å². The Morgan fingerprint density at radius 3 is 2.27 bits per heavy atom. The van der Waals surface area contributed by atoms with Gasteiger partial charge in [-0.05, 0) is 72.4 Å². The number of thiophene rings is 1. The molecule has 0 radical (unpaired) electrons. The molecule has 7 heteroatoms. The molecule has 2 amide bonds. The van der Waals surface area contributed by atoms with E-state index in [1.807, 2.05) is 66.8 Å². The number of nitrogens with zero attached hydrogens (tertiary/aromatic N) is 1. The molecule has 2 heterocycles. The number of hydrogen-bond acceptors (Lipinski definition) is 5. The van der Waals surface area contributed by atoms with E-state index in [1.165, 1.54) is 0 Å². The van der Waals surface area contributed by atoms with E-state index >= 15 is 0 Å². The highest BCUT2D eigenvalue weighted by molar-refractivity contribution is 7.10. The first-order valence-corrected chi connectivity index (χ1v) is 9.67. The Hall–Kier alpha value is -1.76. The number of rotatable bonds is 1. The molecule has 6 nitrogen and oxygen atoms in total. The van der Waals surface area contributed by atoms with Crippen LogP contribution in [0.5, 0.6) is 0 Å². The summed E-state index contributed by atoms with van der Waals surface area (Å²) >= 11 is 1.57. The summed E-state index contributed by atoms with van der Waals surface area (Å²) in [5.41, 5.74) is -0.666. The zero-order chi connectivity index (χ0) is 19.9. The lowest BCUT2D eigenvalue weighted by Gasteiger charge is -2.45. The first-order chi connectivity index (χ1) is 11.7. The van der Waals surface area contributed by atoms with Gasteiger partial charge in [0.15, 0.2) is 0 Å². The lowest BCUT2D eigenvalue weighted by molar-refractivity contribution is -0.00547. The van der Waals surface area contributed by atoms with Crippen LogP contribution in [0.1, 0.15) is 71.9 Å². The fourth-order valence-electron chi connectivity index (χ4n) is 2.92. The molecular weight excluding hydrogens is 352 g/mol. The van der Waals surface area contributed by atoms with Crippen molar-refractivity contribution in [2.75, 3.05) is 6.54 Å². The lowest BCUT2D eigenvalue weighted by Crippen LogP contribution is -2.54. The number of carbonyl (C=O) groups is 2. The molecular formula is C19H30N2O4S. The van der Waals surface area contributed by atoms with Gasteiger partial charge < -0.3 is 14.8 Å². The number of fused-ring (bicyclic) bond motifs is 1. The van der Waals surface area contributed by atoms with E-state index in [9.17, 15) is 9.59 Å². The maximum atomic E-state index is 12.8.